The van der Waals surface area contributed by atoms with Crippen molar-refractivity contribution in [3.63, 3.8) is 0 Å². The quantitative estimate of drug-likeness (QED) is 0.678. The van der Waals surface area contributed by atoms with Gasteiger partial charge in [-0.2, -0.15) is 9.38 Å². The van der Waals surface area contributed by atoms with E-state index in [1.807, 2.05) is 4.90 Å². The number of hydrogen-bond acceptors (Lipinski definition) is 6. The van der Waals surface area contributed by atoms with E-state index in [1.54, 1.807) is 11.6 Å². The number of thiazole rings is 1. The van der Waals surface area contributed by atoms with Crippen LogP contribution >= 0.6 is 11.3 Å². The van der Waals surface area contributed by atoms with Crippen LogP contribution < -0.4 is 10.6 Å². The van der Waals surface area contributed by atoms with Gasteiger partial charge in [0, 0.05) is 24.9 Å². The molecule has 0 spiro atoms. The number of aromatic nitrogens is 2. The summed E-state index contributed by atoms with van der Waals surface area (Å²) in [5.41, 5.74) is 5.25. The lowest BCUT2D eigenvalue weighted by molar-refractivity contribution is -0.389. The lowest BCUT2D eigenvalue weighted by atomic mass is 9.94. The molecule has 1 amide bonds. The number of nitrogens with zero attached hydrogens (tertiary/aromatic N) is 4. The van der Waals surface area contributed by atoms with Crippen LogP contribution in [0.15, 0.2) is 11.6 Å². The van der Waals surface area contributed by atoms with Gasteiger partial charge in [-0.25, -0.2) is 0 Å². The fourth-order valence-electron chi connectivity index (χ4n) is 2.85. The van der Waals surface area contributed by atoms with Crippen LogP contribution in [0.3, 0.4) is 0 Å². The molecule has 1 aliphatic heterocycles. The number of nitrogens with two attached hydrogens (primary N) is 1. The zero-order valence-electron chi connectivity index (χ0n) is 11.3. The second kappa shape index (κ2) is 5.32. The van der Waals surface area contributed by atoms with Crippen LogP contribution in [0, 0.1) is 16.0 Å². The fourth-order valence-corrected chi connectivity index (χ4v) is 3.56. The Morgan fingerprint density at radius 2 is 2.43 bits per heavy atom. The number of carbonyl (C=O) groups excluding carboxylic acids is 1. The van der Waals surface area contributed by atoms with Gasteiger partial charge in [0.05, 0.1) is 0 Å². The molecule has 0 saturated carbocycles. The molecule has 0 bridgehead atoms. The Morgan fingerprint density at radius 1 is 1.62 bits per heavy atom. The molecule has 2 aromatic heterocycles. The molecule has 1 unspecified atom stereocenters. The number of rotatable bonds is 4. The second-order valence-corrected chi connectivity index (χ2v) is 6.07. The van der Waals surface area contributed by atoms with Crippen molar-refractivity contribution in [1.82, 2.24) is 9.38 Å². The summed E-state index contributed by atoms with van der Waals surface area (Å²) < 4.78 is 1.50. The highest BCUT2D eigenvalue weighted by Crippen LogP contribution is 2.33. The molecule has 0 radical (unpaired) electrons. The largest absolute Gasteiger partial charge is 0.373 e. The van der Waals surface area contributed by atoms with Gasteiger partial charge in [0.15, 0.2) is 0 Å². The average molecular weight is 309 g/mol. The van der Waals surface area contributed by atoms with E-state index in [2.05, 4.69) is 4.98 Å². The predicted molar refractivity (Wildman–Crippen MR) is 78.5 cm³/mol. The summed E-state index contributed by atoms with van der Waals surface area (Å²) in [4.78, 5) is 28.9. The molecule has 2 aromatic rings. The van der Waals surface area contributed by atoms with Gasteiger partial charge in [0.1, 0.15) is 6.20 Å². The molecule has 2 N–H and O–H groups in total. The van der Waals surface area contributed by atoms with Crippen molar-refractivity contribution >= 4 is 33.8 Å². The SMILES string of the molecule is NC(=O)CC1CCCN(c2nc3sccn3c2[N+](=O)[O-])C1. The molecule has 0 aliphatic carbocycles. The van der Waals surface area contributed by atoms with E-state index in [1.165, 1.54) is 15.7 Å². The van der Waals surface area contributed by atoms with Gasteiger partial charge >= 0.3 is 5.82 Å². The lowest BCUT2D eigenvalue weighted by Crippen LogP contribution is -2.37. The number of piperidine rings is 1. The minimum atomic E-state index is -0.403. The van der Waals surface area contributed by atoms with Crippen molar-refractivity contribution in [3.8, 4) is 0 Å². The van der Waals surface area contributed by atoms with Gasteiger partial charge in [-0.05, 0) is 23.7 Å². The van der Waals surface area contributed by atoms with Crippen molar-refractivity contribution < 1.29 is 9.72 Å². The summed E-state index contributed by atoms with van der Waals surface area (Å²) in [5, 5.41) is 13.1. The van der Waals surface area contributed by atoms with E-state index in [4.69, 9.17) is 5.73 Å². The first-order chi connectivity index (χ1) is 10.1. The van der Waals surface area contributed by atoms with E-state index in [0.717, 1.165) is 12.8 Å². The number of nitro groups is 1. The molecule has 1 aliphatic rings. The van der Waals surface area contributed by atoms with Crippen LogP contribution in [0.2, 0.25) is 0 Å². The summed E-state index contributed by atoms with van der Waals surface area (Å²) in [5.74, 6) is 0.185. The van der Waals surface area contributed by atoms with Gasteiger partial charge in [-0.3, -0.25) is 4.79 Å². The molecule has 0 aromatic carbocycles. The lowest BCUT2D eigenvalue weighted by Gasteiger charge is -2.31. The van der Waals surface area contributed by atoms with Gasteiger partial charge < -0.3 is 20.7 Å². The van der Waals surface area contributed by atoms with Crippen LogP contribution in [0.4, 0.5) is 11.6 Å². The molecule has 1 atom stereocenters. The number of amides is 1. The normalized spacial score (nSPS) is 19.0. The Bertz CT molecular complexity index is 694. The highest BCUT2D eigenvalue weighted by molar-refractivity contribution is 7.15. The Balaban J connectivity index is 1.92. The summed E-state index contributed by atoms with van der Waals surface area (Å²) in [6.07, 6.45) is 3.75. The smallest absolute Gasteiger partial charge is 0.370 e. The molecule has 3 rings (SSSR count). The molecule has 9 heteroatoms. The number of anilines is 1. The Kier molecular flexibility index (Phi) is 3.50. The Labute approximate surface area is 124 Å². The maximum Gasteiger partial charge on any atom is 0.373 e. The molecule has 112 valence electrons. The third kappa shape index (κ3) is 2.56. The standard InChI is InChI=1S/C12H15N5O3S/c13-9(18)6-8-2-1-3-15(7-8)10-11(17(19)20)16-4-5-21-12(16)14-10/h4-5,8H,1-3,6-7H2,(H2,13,18). The Hall–Kier alpha value is -2.16. The maximum absolute atomic E-state index is 11.3. The van der Waals surface area contributed by atoms with E-state index >= 15 is 0 Å². The molecular weight excluding hydrogens is 294 g/mol. The van der Waals surface area contributed by atoms with E-state index in [9.17, 15) is 14.9 Å². The number of hydrogen-bond donors (Lipinski definition) is 1. The summed E-state index contributed by atoms with van der Waals surface area (Å²) in [6, 6.07) is 0. The summed E-state index contributed by atoms with van der Waals surface area (Å²) in [6.45, 7) is 1.29. The average Bonchev–Trinajstić information content (AvgIpc) is 2.97. The van der Waals surface area contributed by atoms with Gasteiger partial charge in [-0.1, -0.05) is 11.3 Å². The Morgan fingerprint density at radius 3 is 3.14 bits per heavy atom. The van der Waals surface area contributed by atoms with Crippen LogP contribution in [0.25, 0.3) is 4.96 Å². The highest BCUT2D eigenvalue weighted by atomic mass is 32.1. The van der Waals surface area contributed by atoms with Gasteiger partial charge in [0.25, 0.3) is 4.96 Å². The van der Waals surface area contributed by atoms with Crippen LogP contribution in [0.1, 0.15) is 19.3 Å². The number of fused-ring (bicyclic) bond motifs is 1. The monoisotopic (exact) mass is 309 g/mol. The second-order valence-electron chi connectivity index (χ2n) is 5.20. The first-order valence-corrected chi connectivity index (χ1v) is 7.57. The minimum absolute atomic E-state index is 0.00836. The first kappa shape index (κ1) is 13.8. The molecule has 1 fully saturated rings. The zero-order valence-corrected chi connectivity index (χ0v) is 12.1. The first-order valence-electron chi connectivity index (χ1n) is 6.69. The van der Waals surface area contributed by atoms with Crippen LogP contribution in [0.5, 0.6) is 0 Å². The van der Waals surface area contributed by atoms with Crippen molar-refractivity contribution in [1.29, 1.82) is 0 Å². The van der Waals surface area contributed by atoms with Crippen LogP contribution in [-0.4, -0.2) is 33.3 Å². The molecule has 3 heterocycles. The molecule has 1 saturated heterocycles. The van der Waals surface area contributed by atoms with Crippen molar-refractivity contribution in [2.24, 2.45) is 11.7 Å². The summed E-state index contributed by atoms with van der Waals surface area (Å²) in [7, 11) is 0. The minimum Gasteiger partial charge on any atom is -0.370 e. The van der Waals surface area contributed by atoms with Crippen molar-refractivity contribution in [2.45, 2.75) is 19.3 Å². The number of primary amides is 1. The van der Waals surface area contributed by atoms with Gasteiger partial charge in [0.2, 0.25) is 11.7 Å². The summed E-state index contributed by atoms with van der Waals surface area (Å²) >= 11 is 1.36. The molecular formula is C12H15N5O3S. The van der Waals surface area contributed by atoms with E-state index < -0.39 is 4.92 Å². The maximum atomic E-state index is 11.3. The molecule has 8 nitrogen and oxygen atoms in total. The predicted octanol–water partition coefficient (Wildman–Crippen LogP) is 1.40. The topological polar surface area (TPSA) is 107 Å². The number of carbonyl (C=O) groups is 1. The fraction of sp³-hybridized carbons (Fsp3) is 0.500. The third-order valence-electron chi connectivity index (χ3n) is 3.70. The van der Waals surface area contributed by atoms with Crippen LogP contribution in [-0.2, 0) is 4.79 Å². The van der Waals surface area contributed by atoms with Gasteiger partial charge in [-0.15, -0.1) is 0 Å². The highest BCUT2D eigenvalue weighted by Gasteiger charge is 2.31. The number of imidazole rings is 1. The van der Waals surface area contributed by atoms with Crippen molar-refractivity contribution in [2.75, 3.05) is 18.0 Å². The zero-order chi connectivity index (χ0) is 15.0. The van der Waals surface area contributed by atoms with E-state index in [0.29, 0.717) is 30.3 Å². The molecule has 21 heavy (non-hydrogen) atoms. The third-order valence-corrected chi connectivity index (χ3v) is 4.46. The van der Waals surface area contributed by atoms with Crippen molar-refractivity contribution in [3.05, 3.63) is 21.7 Å². The van der Waals surface area contributed by atoms with E-state index in [-0.39, 0.29) is 17.6 Å².